The lowest BCUT2D eigenvalue weighted by Gasteiger charge is -2.06. The smallest absolute Gasteiger partial charge is 0.163 e. The van der Waals surface area contributed by atoms with Crippen LogP contribution < -0.4 is 4.74 Å². The van der Waals surface area contributed by atoms with Gasteiger partial charge in [-0.1, -0.05) is 23.7 Å². The number of benzene rings is 1. The largest absolute Gasteiger partial charge is 0.497 e. The van der Waals surface area contributed by atoms with Gasteiger partial charge in [0.2, 0.25) is 0 Å². The molecular formula is C16H16ClN3O. The Labute approximate surface area is 128 Å². The highest BCUT2D eigenvalue weighted by Gasteiger charge is 2.17. The van der Waals surface area contributed by atoms with Crippen LogP contribution in [0.3, 0.4) is 0 Å². The second-order valence-electron chi connectivity index (χ2n) is 5.02. The maximum absolute atomic E-state index is 6.26. The summed E-state index contributed by atoms with van der Waals surface area (Å²) in [4.78, 5) is 4.61. The minimum atomic E-state index is 0.659. The van der Waals surface area contributed by atoms with E-state index in [0.29, 0.717) is 5.02 Å². The Morgan fingerprint density at radius 1 is 1.05 bits per heavy atom. The maximum Gasteiger partial charge on any atom is 0.163 e. The van der Waals surface area contributed by atoms with Crippen molar-refractivity contribution < 1.29 is 4.74 Å². The van der Waals surface area contributed by atoms with Gasteiger partial charge in [-0.15, -0.1) is 0 Å². The van der Waals surface area contributed by atoms with Crippen LogP contribution in [0, 0.1) is 20.8 Å². The normalized spacial score (nSPS) is 11.1. The maximum atomic E-state index is 6.26. The van der Waals surface area contributed by atoms with E-state index in [4.69, 9.17) is 16.3 Å². The van der Waals surface area contributed by atoms with E-state index in [0.717, 1.165) is 39.6 Å². The van der Waals surface area contributed by atoms with Crippen molar-refractivity contribution in [1.82, 2.24) is 14.6 Å². The molecule has 0 saturated carbocycles. The summed E-state index contributed by atoms with van der Waals surface area (Å²) in [5, 5.41) is 5.23. The first-order chi connectivity index (χ1) is 10.0. The van der Waals surface area contributed by atoms with Crippen LogP contribution >= 0.6 is 11.6 Å². The van der Waals surface area contributed by atoms with Crippen molar-refractivity contribution in [2.75, 3.05) is 7.11 Å². The summed E-state index contributed by atoms with van der Waals surface area (Å²) in [6, 6.07) is 7.91. The van der Waals surface area contributed by atoms with E-state index in [1.165, 1.54) is 0 Å². The number of aromatic nitrogens is 3. The highest BCUT2D eigenvalue weighted by molar-refractivity contribution is 6.31. The third-order valence-corrected chi connectivity index (χ3v) is 4.19. The number of ether oxygens (including phenoxy) is 1. The first-order valence-electron chi connectivity index (χ1n) is 6.69. The van der Waals surface area contributed by atoms with Crippen molar-refractivity contribution in [2.24, 2.45) is 0 Å². The monoisotopic (exact) mass is 301 g/mol. The minimum absolute atomic E-state index is 0.659. The van der Waals surface area contributed by atoms with Gasteiger partial charge in [0, 0.05) is 5.56 Å². The van der Waals surface area contributed by atoms with Gasteiger partial charge in [-0.25, -0.2) is 9.50 Å². The molecule has 1 aromatic carbocycles. The SMILES string of the molecule is COc1ccc(-c2c(C)nn3c(C)c(Cl)c(C)nc23)cc1. The molecule has 0 unspecified atom stereocenters. The Bertz CT molecular complexity index is 822. The Morgan fingerprint density at radius 3 is 2.33 bits per heavy atom. The van der Waals surface area contributed by atoms with Gasteiger partial charge in [0.15, 0.2) is 5.65 Å². The van der Waals surface area contributed by atoms with Gasteiger partial charge in [0.25, 0.3) is 0 Å². The average Bonchev–Trinajstić information content (AvgIpc) is 2.81. The van der Waals surface area contributed by atoms with E-state index in [1.54, 1.807) is 7.11 Å². The van der Waals surface area contributed by atoms with E-state index in [1.807, 2.05) is 49.6 Å². The molecule has 0 aliphatic heterocycles. The predicted octanol–water partition coefficient (Wildman–Crippen LogP) is 3.98. The van der Waals surface area contributed by atoms with Gasteiger partial charge < -0.3 is 4.74 Å². The van der Waals surface area contributed by atoms with E-state index in [9.17, 15) is 0 Å². The van der Waals surface area contributed by atoms with Crippen molar-refractivity contribution in [2.45, 2.75) is 20.8 Å². The van der Waals surface area contributed by atoms with Crippen LogP contribution in [0.1, 0.15) is 17.1 Å². The molecule has 0 N–H and O–H groups in total. The van der Waals surface area contributed by atoms with Gasteiger partial charge in [0.1, 0.15) is 5.75 Å². The Hall–Kier alpha value is -2.07. The second-order valence-corrected chi connectivity index (χ2v) is 5.40. The number of fused-ring (bicyclic) bond motifs is 1. The van der Waals surface area contributed by atoms with Crippen LogP contribution in [0.15, 0.2) is 24.3 Å². The third-order valence-electron chi connectivity index (χ3n) is 3.64. The highest BCUT2D eigenvalue weighted by Crippen LogP contribution is 2.31. The number of nitrogens with zero attached hydrogens (tertiary/aromatic N) is 3. The molecule has 0 bridgehead atoms. The van der Waals surface area contributed by atoms with E-state index < -0.39 is 0 Å². The molecular weight excluding hydrogens is 286 g/mol. The Kier molecular flexibility index (Phi) is 3.33. The van der Waals surface area contributed by atoms with Gasteiger partial charge in [0.05, 0.1) is 29.2 Å². The summed E-state index contributed by atoms with van der Waals surface area (Å²) in [6.07, 6.45) is 0. The fourth-order valence-electron chi connectivity index (χ4n) is 2.51. The third kappa shape index (κ3) is 2.16. The number of hydrogen-bond donors (Lipinski definition) is 0. The van der Waals surface area contributed by atoms with Crippen molar-refractivity contribution >= 4 is 17.2 Å². The second kappa shape index (κ2) is 5.04. The number of methoxy groups -OCH3 is 1. The minimum Gasteiger partial charge on any atom is -0.497 e. The van der Waals surface area contributed by atoms with Crippen molar-refractivity contribution in [3.63, 3.8) is 0 Å². The van der Waals surface area contributed by atoms with Gasteiger partial charge in [-0.05, 0) is 38.5 Å². The molecule has 3 aromatic rings. The fraction of sp³-hybridized carbons (Fsp3) is 0.250. The molecule has 0 spiro atoms. The molecule has 0 radical (unpaired) electrons. The molecule has 108 valence electrons. The molecule has 2 aromatic heterocycles. The average molecular weight is 302 g/mol. The molecule has 2 heterocycles. The first kappa shape index (κ1) is 13.9. The molecule has 0 aliphatic carbocycles. The topological polar surface area (TPSA) is 39.4 Å². The zero-order valence-electron chi connectivity index (χ0n) is 12.4. The Balaban J connectivity index is 2.29. The molecule has 3 rings (SSSR count). The molecule has 4 nitrogen and oxygen atoms in total. The Morgan fingerprint density at radius 2 is 1.71 bits per heavy atom. The van der Waals surface area contributed by atoms with Crippen LogP contribution in [-0.2, 0) is 0 Å². The zero-order valence-corrected chi connectivity index (χ0v) is 13.2. The summed E-state index contributed by atoms with van der Waals surface area (Å²) >= 11 is 6.26. The fourth-order valence-corrected chi connectivity index (χ4v) is 2.63. The molecule has 0 aliphatic rings. The lowest BCUT2D eigenvalue weighted by molar-refractivity contribution is 0.415. The van der Waals surface area contributed by atoms with Crippen molar-refractivity contribution in [1.29, 1.82) is 0 Å². The molecule has 0 fully saturated rings. The van der Waals surface area contributed by atoms with Crippen LogP contribution in [-0.4, -0.2) is 21.7 Å². The summed E-state index contributed by atoms with van der Waals surface area (Å²) in [7, 11) is 1.66. The zero-order chi connectivity index (χ0) is 15.1. The van der Waals surface area contributed by atoms with Crippen LogP contribution in [0.5, 0.6) is 5.75 Å². The summed E-state index contributed by atoms with van der Waals surface area (Å²) in [6.45, 7) is 5.85. The lowest BCUT2D eigenvalue weighted by Crippen LogP contribution is -1.99. The van der Waals surface area contributed by atoms with Crippen LogP contribution in [0.2, 0.25) is 5.02 Å². The van der Waals surface area contributed by atoms with Gasteiger partial charge in [-0.3, -0.25) is 0 Å². The van der Waals surface area contributed by atoms with Gasteiger partial charge in [-0.2, -0.15) is 5.10 Å². The van der Waals surface area contributed by atoms with E-state index in [2.05, 4.69) is 10.1 Å². The van der Waals surface area contributed by atoms with E-state index >= 15 is 0 Å². The number of rotatable bonds is 2. The highest BCUT2D eigenvalue weighted by atomic mass is 35.5. The van der Waals surface area contributed by atoms with Gasteiger partial charge >= 0.3 is 0 Å². The standard InChI is InChI=1S/C16H16ClN3O/c1-9-14(12-5-7-13(21-4)8-6-12)16-18-10(2)15(17)11(3)20(16)19-9/h5-8H,1-4H3. The molecule has 0 atom stereocenters. The lowest BCUT2D eigenvalue weighted by atomic mass is 10.1. The van der Waals surface area contributed by atoms with Crippen molar-refractivity contribution in [3.8, 4) is 16.9 Å². The molecule has 21 heavy (non-hydrogen) atoms. The number of aryl methyl sites for hydroxylation is 3. The summed E-state index contributed by atoms with van der Waals surface area (Å²) in [5.41, 5.74) is 5.57. The molecule has 0 saturated heterocycles. The predicted molar refractivity (Wildman–Crippen MR) is 84.2 cm³/mol. The van der Waals surface area contributed by atoms with Crippen molar-refractivity contribution in [3.05, 3.63) is 46.4 Å². The van der Waals surface area contributed by atoms with E-state index in [-0.39, 0.29) is 0 Å². The summed E-state index contributed by atoms with van der Waals surface area (Å²) in [5.74, 6) is 0.830. The number of hydrogen-bond acceptors (Lipinski definition) is 3. The first-order valence-corrected chi connectivity index (χ1v) is 7.07. The number of halogens is 1. The molecule has 5 heteroatoms. The van der Waals surface area contributed by atoms with Crippen LogP contribution in [0.4, 0.5) is 0 Å². The quantitative estimate of drug-likeness (QED) is 0.718. The van der Waals surface area contributed by atoms with Crippen LogP contribution in [0.25, 0.3) is 16.8 Å². The molecule has 0 amide bonds. The summed E-state index contributed by atoms with van der Waals surface area (Å²) < 4.78 is 7.01.